The van der Waals surface area contributed by atoms with Crippen LogP contribution in [0.5, 0.6) is 0 Å². The number of rotatable bonds is 4. The van der Waals surface area contributed by atoms with Crippen molar-refractivity contribution in [2.45, 2.75) is 12.5 Å². The van der Waals surface area contributed by atoms with Crippen LogP contribution in [0.15, 0.2) is 66.7 Å². The van der Waals surface area contributed by atoms with Crippen molar-refractivity contribution < 1.29 is 13.2 Å². The largest absolute Gasteiger partial charge is 0.315 e. The molecule has 31 heavy (non-hydrogen) atoms. The molecule has 0 unspecified atom stereocenters. The Kier molecular flexibility index (Phi) is 5.03. The van der Waals surface area contributed by atoms with Crippen molar-refractivity contribution in [3.63, 3.8) is 0 Å². The predicted molar refractivity (Wildman–Crippen MR) is 115 cm³/mol. The molecule has 0 radical (unpaired) electrons. The van der Waals surface area contributed by atoms with Gasteiger partial charge in [0.1, 0.15) is 5.82 Å². The van der Waals surface area contributed by atoms with Crippen molar-refractivity contribution in [1.29, 1.82) is 0 Å². The molecule has 0 saturated carbocycles. The van der Waals surface area contributed by atoms with Crippen LogP contribution in [-0.2, 0) is 0 Å². The van der Waals surface area contributed by atoms with E-state index in [2.05, 4.69) is 15.3 Å². The molecule has 4 nitrogen and oxygen atoms in total. The van der Waals surface area contributed by atoms with Gasteiger partial charge < -0.3 is 10.2 Å². The second-order valence-corrected chi connectivity index (χ2v) is 7.49. The van der Waals surface area contributed by atoms with Gasteiger partial charge in [-0.25, -0.2) is 23.1 Å². The molecule has 0 bridgehead atoms. The lowest BCUT2D eigenvalue weighted by Crippen LogP contribution is -2.34. The summed E-state index contributed by atoms with van der Waals surface area (Å²) in [7, 11) is 0. The van der Waals surface area contributed by atoms with Crippen LogP contribution in [0.3, 0.4) is 0 Å². The highest BCUT2D eigenvalue weighted by atomic mass is 19.2. The Labute approximate surface area is 177 Å². The molecule has 0 amide bonds. The number of anilines is 2. The highest BCUT2D eigenvalue weighted by molar-refractivity contribution is 5.93. The van der Waals surface area contributed by atoms with Crippen molar-refractivity contribution in [2.24, 2.45) is 0 Å². The van der Waals surface area contributed by atoms with Crippen LogP contribution < -0.4 is 10.2 Å². The number of halogens is 3. The van der Waals surface area contributed by atoms with E-state index in [1.54, 1.807) is 0 Å². The average Bonchev–Trinajstić information content (AvgIpc) is 3.30. The SMILES string of the molecule is Fc1ccc2c(-c3cccc(F)c3F)nc(N(c3ccccc3)[C@@H]3CCNC3)nc2c1. The molecule has 1 saturated heterocycles. The molecule has 1 N–H and O–H groups in total. The van der Waals surface area contributed by atoms with Crippen LogP contribution in [0.25, 0.3) is 22.2 Å². The van der Waals surface area contributed by atoms with Gasteiger partial charge in [-0.3, -0.25) is 0 Å². The van der Waals surface area contributed by atoms with Gasteiger partial charge in [-0.2, -0.15) is 0 Å². The maximum atomic E-state index is 14.7. The van der Waals surface area contributed by atoms with Crippen LogP contribution in [0.4, 0.5) is 24.8 Å². The zero-order chi connectivity index (χ0) is 21.4. The third-order valence-electron chi connectivity index (χ3n) is 5.50. The Morgan fingerprint density at radius 1 is 0.903 bits per heavy atom. The number of para-hydroxylation sites is 1. The molecule has 0 spiro atoms. The van der Waals surface area contributed by atoms with Gasteiger partial charge in [0, 0.05) is 29.2 Å². The second-order valence-electron chi connectivity index (χ2n) is 7.49. The number of fused-ring (bicyclic) bond motifs is 1. The summed E-state index contributed by atoms with van der Waals surface area (Å²) in [6, 6.07) is 17.7. The fraction of sp³-hybridized carbons (Fsp3) is 0.167. The van der Waals surface area contributed by atoms with Gasteiger partial charge in [-0.1, -0.05) is 24.3 Å². The molecular formula is C24H19F3N4. The number of nitrogens with zero attached hydrogens (tertiary/aromatic N) is 3. The molecule has 4 aromatic rings. The lowest BCUT2D eigenvalue weighted by atomic mass is 10.1. The van der Waals surface area contributed by atoms with Gasteiger partial charge in [0.25, 0.3) is 0 Å². The summed E-state index contributed by atoms with van der Waals surface area (Å²) in [5.41, 5.74) is 1.44. The second kappa shape index (κ2) is 8.00. The molecule has 1 aromatic heterocycles. The summed E-state index contributed by atoms with van der Waals surface area (Å²) < 4.78 is 42.8. The van der Waals surface area contributed by atoms with E-state index in [0.29, 0.717) is 16.9 Å². The minimum atomic E-state index is -0.994. The standard InChI is InChI=1S/C24H19F3N4/c25-15-9-10-18-21(13-15)29-24(30-23(18)19-7-4-8-20(26)22(19)27)31(17-11-12-28-14-17)16-5-2-1-3-6-16/h1-10,13,17,28H,11-12,14H2/t17-/m1/s1. The van der Waals surface area contributed by atoms with E-state index in [1.807, 2.05) is 35.2 Å². The van der Waals surface area contributed by atoms with E-state index >= 15 is 0 Å². The Hall–Kier alpha value is -3.45. The van der Waals surface area contributed by atoms with Crippen molar-refractivity contribution in [3.8, 4) is 11.3 Å². The smallest absolute Gasteiger partial charge is 0.231 e. The van der Waals surface area contributed by atoms with Gasteiger partial charge in [-0.15, -0.1) is 0 Å². The number of nitrogens with one attached hydrogen (secondary N) is 1. The molecule has 3 aromatic carbocycles. The molecule has 1 atom stereocenters. The van der Waals surface area contributed by atoms with Gasteiger partial charge in [0.2, 0.25) is 5.95 Å². The van der Waals surface area contributed by atoms with Gasteiger partial charge in [-0.05, 0) is 49.4 Å². The van der Waals surface area contributed by atoms with E-state index in [4.69, 9.17) is 0 Å². The summed E-state index contributed by atoms with van der Waals surface area (Å²) in [6.45, 7) is 1.57. The van der Waals surface area contributed by atoms with E-state index in [0.717, 1.165) is 31.3 Å². The summed E-state index contributed by atoms with van der Waals surface area (Å²) >= 11 is 0. The summed E-state index contributed by atoms with van der Waals surface area (Å²) in [5, 5.41) is 3.79. The minimum absolute atomic E-state index is 0.0119. The van der Waals surface area contributed by atoms with Crippen LogP contribution in [0.1, 0.15) is 6.42 Å². The Morgan fingerprint density at radius 2 is 1.74 bits per heavy atom. The van der Waals surface area contributed by atoms with Crippen molar-refractivity contribution in [1.82, 2.24) is 15.3 Å². The first-order valence-corrected chi connectivity index (χ1v) is 10.1. The maximum Gasteiger partial charge on any atom is 0.231 e. The number of hydrogen-bond acceptors (Lipinski definition) is 4. The molecule has 2 heterocycles. The van der Waals surface area contributed by atoms with Crippen molar-refractivity contribution in [2.75, 3.05) is 18.0 Å². The highest BCUT2D eigenvalue weighted by Gasteiger charge is 2.27. The summed E-state index contributed by atoms with van der Waals surface area (Å²) in [6.07, 6.45) is 0.864. The van der Waals surface area contributed by atoms with Gasteiger partial charge in [0.05, 0.1) is 17.3 Å². The van der Waals surface area contributed by atoms with Crippen molar-refractivity contribution >= 4 is 22.5 Å². The molecule has 1 fully saturated rings. The zero-order valence-corrected chi connectivity index (χ0v) is 16.5. The molecule has 5 rings (SSSR count). The third kappa shape index (κ3) is 3.61. The van der Waals surface area contributed by atoms with Gasteiger partial charge >= 0.3 is 0 Å². The first-order chi connectivity index (χ1) is 15.1. The maximum absolute atomic E-state index is 14.7. The molecule has 156 valence electrons. The molecule has 0 aliphatic carbocycles. The lowest BCUT2D eigenvalue weighted by molar-refractivity contribution is 0.511. The molecule has 1 aliphatic heterocycles. The number of hydrogen-bond donors (Lipinski definition) is 1. The molecular weight excluding hydrogens is 401 g/mol. The lowest BCUT2D eigenvalue weighted by Gasteiger charge is -2.29. The minimum Gasteiger partial charge on any atom is -0.315 e. The summed E-state index contributed by atoms with van der Waals surface area (Å²) in [5.74, 6) is -2.10. The van der Waals surface area contributed by atoms with Gasteiger partial charge in [0.15, 0.2) is 11.6 Å². The van der Waals surface area contributed by atoms with Crippen molar-refractivity contribution in [3.05, 3.63) is 84.2 Å². The van der Waals surface area contributed by atoms with E-state index < -0.39 is 17.5 Å². The zero-order valence-electron chi connectivity index (χ0n) is 16.5. The fourth-order valence-corrected chi connectivity index (χ4v) is 4.03. The van der Waals surface area contributed by atoms with E-state index in [-0.39, 0.29) is 17.3 Å². The molecule has 1 aliphatic rings. The Bertz CT molecular complexity index is 1240. The normalized spacial score (nSPS) is 16.0. The monoisotopic (exact) mass is 420 g/mol. The van der Waals surface area contributed by atoms with E-state index in [9.17, 15) is 13.2 Å². The fourth-order valence-electron chi connectivity index (χ4n) is 4.03. The van der Waals surface area contributed by atoms with E-state index in [1.165, 1.54) is 30.3 Å². The molecule has 7 heteroatoms. The third-order valence-corrected chi connectivity index (χ3v) is 5.50. The van der Waals surface area contributed by atoms with Crippen LogP contribution in [0, 0.1) is 17.5 Å². The predicted octanol–water partition coefficient (Wildman–Crippen LogP) is 5.21. The summed E-state index contributed by atoms with van der Waals surface area (Å²) in [4.78, 5) is 11.3. The van der Waals surface area contributed by atoms with Crippen LogP contribution in [-0.4, -0.2) is 29.1 Å². The van der Waals surface area contributed by atoms with Crippen LogP contribution in [0.2, 0.25) is 0 Å². The number of benzene rings is 3. The quantitative estimate of drug-likeness (QED) is 0.492. The average molecular weight is 420 g/mol. The Morgan fingerprint density at radius 3 is 2.52 bits per heavy atom. The Balaban J connectivity index is 1.77. The van der Waals surface area contributed by atoms with Crippen LogP contribution >= 0.6 is 0 Å². The first kappa shape index (κ1) is 19.5. The highest BCUT2D eigenvalue weighted by Crippen LogP contribution is 2.34. The first-order valence-electron chi connectivity index (χ1n) is 10.1. The number of aromatic nitrogens is 2. The topological polar surface area (TPSA) is 41.1 Å².